The smallest absolute Gasteiger partial charge is 0.317 e. The Morgan fingerprint density at radius 3 is 2.68 bits per heavy atom. The molecule has 1 aliphatic heterocycles. The molecule has 1 N–H and O–H groups in total. The zero-order valence-electron chi connectivity index (χ0n) is 14.2. The first-order valence-corrected chi connectivity index (χ1v) is 8.58. The van der Waals surface area contributed by atoms with Gasteiger partial charge < -0.3 is 14.8 Å². The number of urea groups is 1. The highest BCUT2D eigenvalue weighted by molar-refractivity contribution is 5.74. The summed E-state index contributed by atoms with van der Waals surface area (Å²) in [6.45, 7) is 10.1. The lowest BCUT2D eigenvalue weighted by atomic mass is 9.87. The van der Waals surface area contributed by atoms with Crippen molar-refractivity contribution in [3.8, 4) is 0 Å². The van der Waals surface area contributed by atoms with Crippen molar-refractivity contribution in [2.45, 2.75) is 53.0 Å². The van der Waals surface area contributed by atoms with E-state index in [0.717, 1.165) is 69.5 Å². The maximum Gasteiger partial charge on any atom is 0.317 e. The van der Waals surface area contributed by atoms with Gasteiger partial charge >= 0.3 is 6.03 Å². The van der Waals surface area contributed by atoms with Crippen molar-refractivity contribution in [3.05, 3.63) is 18.2 Å². The number of nitrogens with one attached hydrogen (secondary N) is 1. The Labute approximate surface area is 134 Å². The van der Waals surface area contributed by atoms with Gasteiger partial charge in [-0.3, -0.25) is 0 Å². The number of carbonyl (C=O) groups is 1. The largest absolute Gasteiger partial charge is 0.338 e. The molecule has 1 aliphatic rings. The van der Waals surface area contributed by atoms with Crippen molar-refractivity contribution >= 4 is 6.03 Å². The Morgan fingerprint density at radius 2 is 2.09 bits per heavy atom. The zero-order valence-corrected chi connectivity index (χ0v) is 14.2. The second kappa shape index (κ2) is 8.20. The zero-order chi connectivity index (χ0) is 15.9. The number of piperidine rings is 1. The van der Waals surface area contributed by atoms with Crippen LogP contribution in [0.15, 0.2) is 12.4 Å². The minimum absolute atomic E-state index is 0.112. The maximum absolute atomic E-state index is 12.1. The van der Waals surface area contributed by atoms with Crippen LogP contribution >= 0.6 is 0 Å². The van der Waals surface area contributed by atoms with E-state index in [0.29, 0.717) is 0 Å². The first-order chi connectivity index (χ1) is 10.6. The van der Waals surface area contributed by atoms with Crippen molar-refractivity contribution < 1.29 is 4.79 Å². The van der Waals surface area contributed by atoms with Crippen LogP contribution in [0.1, 0.15) is 45.4 Å². The van der Waals surface area contributed by atoms with Gasteiger partial charge in [0.2, 0.25) is 0 Å². The van der Waals surface area contributed by atoms with Crippen LogP contribution in [0.4, 0.5) is 4.79 Å². The molecular formula is C17H30N4O. The minimum atomic E-state index is 0.112. The number of rotatable bonds is 6. The van der Waals surface area contributed by atoms with Crippen molar-refractivity contribution in [1.82, 2.24) is 19.8 Å². The highest BCUT2D eigenvalue weighted by atomic mass is 16.2. The number of carbonyl (C=O) groups excluding carboxylic acids is 1. The predicted molar refractivity (Wildman–Crippen MR) is 88.7 cm³/mol. The third kappa shape index (κ3) is 4.75. The van der Waals surface area contributed by atoms with Crippen LogP contribution in [0.5, 0.6) is 0 Å². The topological polar surface area (TPSA) is 50.2 Å². The SMILES string of the molecule is Cc1nccn1CCCCNC(=O)N1CCC(C(C)C)CC1. The molecule has 0 radical (unpaired) electrons. The minimum Gasteiger partial charge on any atom is -0.338 e. The van der Waals surface area contributed by atoms with Crippen LogP contribution in [0.3, 0.4) is 0 Å². The van der Waals surface area contributed by atoms with E-state index in [1.165, 1.54) is 0 Å². The number of aryl methyl sites for hydroxylation is 2. The lowest BCUT2D eigenvalue weighted by Gasteiger charge is -2.33. The molecule has 0 unspecified atom stereocenters. The second-order valence-electron chi connectivity index (χ2n) is 6.68. The molecule has 1 aromatic rings. The molecule has 2 rings (SSSR count). The normalized spacial score (nSPS) is 16.3. The summed E-state index contributed by atoms with van der Waals surface area (Å²) in [6.07, 6.45) is 8.19. The molecule has 0 aliphatic carbocycles. The average Bonchev–Trinajstić information content (AvgIpc) is 2.92. The highest BCUT2D eigenvalue weighted by Crippen LogP contribution is 2.24. The summed E-state index contributed by atoms with van der Waals surface area (Å²) in [7, 11) is 0. The van der Waals surface area contributed by atoms with Crippen LogP contribution in [-0.2, 0) is 6.54 Å². The Kier molecular flexibility index (Phi) is 6.28. The van der Waals surface area contributed by atoms with Crippen LogP contribution in [-0.4, -0.2) is 40.1 Å². The van der Waals surface area contributed by atoms with Gasteiger partial charge in [-0.15, -0.1) is 0 Å². The molecule has 5 heteroatoms. The molecule has 2 amide bonds. The summed E-state index contributed by atoms with van der Waals surface area (Å²) in [5.41, 5.74) is 0. The molecule has 5 nitrogen and oxygen atoms in total. The third-order valence-electron chi connectivity index (χ3n) is 4.80. The number of imidazole rings is 1. The first kappa shape index (κ1) is 16.8. The lowest BCUT2D eigenvalue weighted by Crippen LogP contribution is -2.45. The van der Waals surface area contributed by atoms with Gasteiger partial charge in [-0.1, -0.05) is 13.8 Å². The van der Waals surface area contributed by atoms with Crippen LogP contribution in [0.2, 0.25) is 0 Å². The second-order valence-corrected chi connectivity index (χ2v) is 6.68. The van der Waals surface area contributed by atoms with Gasteiger partial charge in [0.15, 0.2) is 0 Å². The molecule has 22 heavy (non-hydrogen) atoms. The van der Waals surface area contributed by atoms with E-state index < -0.39 is 0 Å². The summed E-state index contributed by atoms with van der Waals surface area (Å²) < 4.78 is 2.15. The molecule has 124 valence electrons. The van der Waals surface area contributed by atoms with E-state index in [1.54, 1.807) is 0 Å². The van der Waals surface area contributed by atoms with Gasteiger partial charge in [0.25, 0.3) is 0 Å². The first-order valence-electron chi connectivity index (χ1n) is 8.58. The molecule has 1 fully saturated rings. The van der Waals surface area contributed by atoms with Gasteiger partial charge in [0.05, 0.1) is 0 Å². The lowest BCUT2D eigenvalue weighted by molar-refractivity contribution is 0.156. The fourth-order valence-electron chi connectivity index (χ4n) is 3.12. The Balaban J connectivity index is 1.57. The van der Waals surface area contributed by atoms with Crippen molar-refractivity contribution in [2.24, 2.45) is 11.8 Å². The molecular weight excluding hydrogens is 276 g/mol. The fraction of sp³-hybridized carbons (Fsp3) is 0.765. The number of amides is 2. The number of likely N-dealkylation sites (tertiary alicyclic amines) is 1. The number of unbranched alkanes of at least 4 members (excludes halogenated alkanes) is 1. The van der Waals surface area contributed by atoms with Crippen LogP contribution < -0.4 is 5.32 Å². The molecule has 0 bridgehead atoms. The Hall–Kier alpha value is -1.52. The van der Waals surface area contributed by atoms with E-state index in [-0.39, 0.29) is 6.03 Å². The van der Waals surface area contributed by atoms with E-state index in [4.69, 9.17) is 0 Å². The molecule has 0 aromatic carbocycles. The van der Waals surface area contributed by atoms with Gasteiger partial charge in [-0.25, -0.2) is 9.78 Å². The summed E-state index contributed by atoms with van der Waals surface area (Å²) in [4.78, 5) is 18.3. The Morgan fingerprint density at radius 1 is 1.36 bits per heavy atom. The maximum atomic E-state index is 12.1. The summed E-state index contributed by atoms with van der Waals surface area (Å²) in [6, 6.07) is 0.112. The van der Waals surface area contributed by atoms with Gasteiger partial charge in [-0.2, -0.15) is 0 Å². The number of hydrogen-bond donors (Lipinski definition) is 1. The molecule has 2 heterocycles. The average molecular weight is 306 g/mol. The summed E-state index contributed by atoms with van der Waals surface area (Å²) >= 11 is 0. The van der Waals surface area contributed by atoms with Crippen LogP contribution in [0, 0.1) is 18.8 Å². The van der Waals surface area contributed by atoms with E-state index in [2.05, 4.69) is 28.7 Å². The fourth-order valence-corrected chi connectivity index (χ4v) is 3.12. The molecule has 0 spiro atoms. The number of hydrogen-bond acceptors (Lipinski definition) is 2. The summed E-state index contributed by atoms with van der Waals surface area (Å²) in [5, 5.41) is 3.05. The molecule has 1 aromatic heterocycles. The standard InChI is InChI=1S/C17H30N4O/c1-14(2)16-6-11-21(12-7-16)17(22)19-8-4-5-10-20-13-9-18-15(20)3/h9,13-14,16H,4-8,10-12H2,1-3H3,(H,19,22). The predicted octanol–water partition coefficient (Wildman–Crippen LogP) is 3.05. The molecule has 0 saturated carbocycles. The van der Waals surface area contributed by atoms with Crippen molar-refractivity contribution in [3.63, 3.8) is 0 Å². The third-order valence-corrected chi connectivity index (χ3v) is 4.80. The number of aromatic nitrogens is 2. The van der Waals surface area contributed by atoms with Gasteiger partial charge in [0, 0.05) is 38.6 Å². The van der Waals surface area contributed by atoms with E-state index in [9.17, 15) is 4.79 Å². The highest BCUT2D eigenvalue weighted by Gasteiger charge is 2.24. The summed E-state index contributed by atoms with van der Waals surface area (Å²) in [5.74, 6) is 2.57. The monoisotopic (exact) mass is 306 g/mol. The molecule has 1 saturated heterocycles. The Bertz CT molecular complexity index is 461. The van der Waals surface area contributed by atoms with E-state index >= 15 is 0 Å². The van der Waals surface area contributed by atoms with Crippen molar-refractivity contribution in [1.29, 1.82) is 0 Å². The van der Waals surface area contributed by atoms with E-state index in [1.807, 2.05) is 24.2 Å². The van der Waals surface area contributed by atoms with Gasteiger partial charge in [0.1, 0.15) is 5.82 Å². The molecule has 0 atom stereocenters. The van der Waals surface area contributed by atoms with Crippen molar-refractivity contribution in [2.75, 3.05) is 19.6 Å². The van der Waals surface area contributed by atoms with Crippen LogP contribution in [0.25, 0.3) is 0 Å². The van der Waals surface area contributed by atoms with Gasteiger partial charge in [-0.05, 0) is 44.4 Å². The number of nitrogens with zero attached hydrogens (tertiary/aromatic N) is 3. The quantitative estimate of drug-likeness (QED) is 0.821.